The molecule has 0 aromatic heterocycles. The zero-order chi connectivity index (χ0) is 15.7. The maximum Gasteiger partial charge on any atom is 0.258 e. The summed E-state index contributed by atoms with van der Waals surface area (Å²) < 4.78 is 27.0. The van der Waals surface area contributed by atoms with Gasteiger partial charge in [-0.2, -0.15) is 0 Å². The van der Waals surface area contributed by atoms with E-state index in [9.17, 15) is 13.6 Å². The fourth-order valence-corrected chi connectivity index (χ4v) is 2.18. The molecular weight excluding hydrogens is 345 g/mol. The molecule has 2 rings (SSSR count). The molecule has 110 valence electrons. The van der Waals surface area contributed by atoms with Crippen LogP contribution in [0, 0.1) is 11.6 Å². The number of amides is 1. The summed E-state index contributed by atoms with van der Waals surface area (Å²) >= 11 is 17.4. The first kappa shape index (κ1) is 15.8. The average Bonchev–Trinajstić information content (AvgIpc) is 2.40. The van der Waals surface area contributed by atoms with Crippen molar-refractivity contribution >= 4 is 52.1 Å². The highest BCUT2D eigenvalue weighted by Crippen LogP contribution is 2.32. The maximum absolute atomic E-state index is 13.7. The van der Waals surface area contributed by atoms with Gasteiger partial charge in [0.1, 0.15) is 5.82 Å². The molecule has 0 atom stereocenters. The lowest BCUT2D eigenvalue weighted by molar-refractivity contribution is 0.102. The lowest BCUT2D eigenvalue weighted by Crippen LogP contribution is -2.15. The van der Waals surface area contributed by atoms with Crippen molar-refractivity contribution in [3.63, 3.8) is 0 Å². The van der Waals surface area contributed by atoms with Crippen LogP contribution in [0.4, 0.5) is 20.2 Å². The van der Waals surface area contributed by atoms with E-state index in [-0.39, 0.29) is 20.8 Å². The quantitative estimate of drug-likeness (QED) is 0.605. The minimum Gasteiger partial charge on any atom is -0.396 e. The van der Waals surface area contributed by atoms with Crippen molar-refractivity contribution < 1.29 is 13.6 Å². The summed E-state index contributed by atoms with van der Waals surface area (Å²) in [6, 6.07) is 4.12. The lowest BCUT2D eigenvalue weighted by Gasteiger charge is -2.10. The number of hydrogen-bond donors (Lipinski definition) is 2. The normalized spacial score (nSPS) is 10.5. The van der Waals surface area contributed by atoms with Crippen molar-refractivity contribution in [2.75, 3.05) is 11.1 Å². The van der Waals surface area contributed by atoms with Crippen molar-refractivity contribution in [2.45, 2.75) is 0 Å². The Hall–Kier alpha value is -1.56. The van der Waals surface area contributed by atoms with Gasteiger partial charge < -0.3 is 11.1 Å². The number of carbonyl (C=O) groups is 1. The number of nitrogen functional groups attached to an aromatic ring is 1. The number of halogens is 5. The van der Waals surface area contributed by atoms with Crippen LogP contribution in [0.5, 0.6) is 0 Å². The van der Waals surface area contributed by atoms with Gasteiger partial charge >= 0.3 is 0 Å². The maximum atomic E-state index is 13.7. The van der Waals surface area contributed by atoms with Crippen LogP contribution >= 0.6 is 34.8 Å². The van der Waals surface area contributed by atoms with Crippen LogP contribution < -0.4 is 11.1 Å². The number of rotatable bonds is 2. The van der Waals surface area contributed by atoms with Crippen LogP contribution in [-0.2, 0) is 0 Å². The van der Waals surface area contributed by atoms with Crippen molar-refractivity contribution in [1.29, 1.82) is 0 Å². The van der Waals surface area contributed by atoms with E-state index >= 15 is 0 Å². The summed E-state index contributed by atoms with van der Waals surface area (Å²) in [6.45, 7) is 0. The van der Waals surface area contributed by atoms with Crippen molar-refractivity contribution in [3.05, 3.63) is 56.5 Å². The molecule has 0 saturated heterocycles. The van der Waals surface area contributed by atoms with Crippen LogP contribution in [0.15, 0.2) is 24.3 Å². The molecular formula is C13H7Cl3F2N2O. The summed E-state index contributed by atoms with van der Waals surface area (Å²) in [6.07, 6.45) is 0. The van der Waals surface area contributed by atoms with E-state index in [1.54, 1.807) is 0 Å². The average molecular weight is 352 g/mol. The third-order valence-corrected chi connectivity index (χ3v) is 3.60. The number of nitrogens with two attached hydrogens (primary N) is 1. The van der Waals surface area contributed by atoms with E-state index in [0.717, 1.165) is 12.1 Å². The Labute approximate surface area is 133 Å². The molecule has 0 bridgehead atoms. The fraction of sp³-hybridized carbons (Fsp3) is 0. The predicted molar refractivity (Wildman–Crippen MR) is 80.2 cm³/mol. The van der Waals surface area contributed by atoms with Crippen LogP contribution in [0.1, 0.15) is 10.4 Å². The van der Waals surface area contributed by atoms with Gasteiger partial charge in [-0.3, -0.25) is 4.79 Å². The van der Waals surface area contributed by atoms with Gasteiger partial charge in [-0.15, -0.1) is 0 Å². The zero-order valence-electron chi connectivity index (χ0n) is 10.2. The van der Waals surface area contributed by atoms with E-state index in [2.05, 4.69) is 5.32 Å². The Morgan fingerprint density at radius 1 is 1.00 bits per heavy atom. The smallest absolute Gasteiger partial charge is 0.258 e. The predicted octanol–water partition coefficient (Wildman–Crippen LogP) is 4.76. The fourth-order valence-electron chi connectivity index (χ4n) is 1.58. The molecule has 0 heterocycles. The van der Waals surface area contributed by atoms with Gasteiger partial charge in [0, 0.05) is 0 Å². The molecule has 0 spiro atoms. The second kappa shape index (κ2) is 6.05. The monoisotopic (exact) mass is 350 g/mol. The first-order chi connectivity index (χ1) is 9.79. The molecule has 0 fully saturated rings. The van der Waals surface area contributed by atoms with Crippen molar-refractivity contribution in [2.24, 2.45) is 0 Å². The molecule has 0 unspecified atom stereocenters. The minimum absolute atomic E-state index is 0.0996. The molecule has 0 aliphatic carbocycles. The van der Waals surface area contributed by atoms with Gasteiger partial charge in [-0.1, -0.05) is 34.8 Å². The summed E-state index contributed by atoms with van der Waals surface area (Å²) in [5, 5.41) is 2.76. The molecule has 0 aliphatic heterocycles. The molecule has 2 aromatic carbocycles. The summed E-state index contributed by atoms with van der Waals surface area (Å²) in [7, 11) is 0. The van der Waals surface area contributed by atoms with E-state index in [0.29, 0.717) is 0 Å². The molecule has 0 radical (unpaired) electrons. The van der Waals surface area contributed by atoms with Crippen LogP contribution in [0.3, 0.4) is 0 Å². The highest BCUT2D eigenvalue weighted by atomic mass is 35.5. The summed E-state index contributed by atoms with van der Waals surface area (Å²) in [5.41, 5.74) is 4.36. The number of carbonyl (C=O) groups excluding carboxylic acids is 1. The molecule has 0 saturated carbocycles. The van der Waals surface area contributed by atoms with Gasteiger partial charge in [-0.25, -0.2) is 8.78 Å². The molecule has 8 heteroatoms. The van der Waals surface area contributed by atoms with E-state index in [1.165, 1.54) is 12.1 Å². The van der Waals surface area contributed by atoms with E-state index in [1.807, 2.05) is 0 Å². The first-order valence-corrected chi connectivity index (χ1v) is 6.63. The van der Waals surface area contributed by atoms with Crippen molar-refractivity contribution in [3.8, 4) is 0 Å². The van der Waals surface area contributed by atoms with Gasteiger partial charge in [0.05, 0.1) is 32.0 Å². The second-order valence-corrected chi connectivity index (χ2v) is 5.28. The highest BCUT2D eigenvalue weighted by Gasteiger charge is 2.18. The van der Waals surface area contributed by atoms with Gasteiger partial charge in [-0.05, 0) is 24.3 Å². The standard InChI is InChI=1S/C13H7Cl3F2N2O/c14-7-3-9(16)11(4-8(7)15)20-13(21)6-1-5(17)2-10(19)12(6)18/h1-4H,19H2,(H,20,21). The molecule has 0 aliphatic rings. The Morgan fingerprint density at radius 2 is 1.62 bits per heavy atom. The third-order valence-electron chi connectivity index (χ3n) is 2.57. The number of nitrogens with one attached hydrogen (secondary N) is 1. The number of benzene rings is 2. The molecule has 3 nitrogen and oxygen atoms in total. The second-order valence-electron chi connectivity index (χ2n) is 4.06. The lowest BCUT2D eigenvalue weighted by atomic mass is 10.1. The van der Waals surface area contributed by atoms with Crippen LogP contribution in [0.25, 0.3) is 0 Å². The minimum atomic E-state index is -1.02. The van der Waals surface area contributed by atoms with Crippen LogP contribution in [0.2, 0.25) is 15.1 Å². The molecule has 3 N–H and O–H groups in total. The number of anilines is 2. The van der Waals surface area contributed by atoms with Gasteiger partial charge in [0.25, 0.3) is 5.91 Å². The molecule has 21 heavy (non-hydrogen) atoms. The summed E-state index contributed by atoms with van der Waals surface area (Å²) in [4.78, 5) is 12.0. The van der Waals surface area contributed by atoms with Crippen molar-refractivity contribution in [1.82, 2.24) is 0 Å². The first-order valence-electron chi connectivity index (χ1n) is 5.50. The van der Waals surface area contributed by atoms with E-state index < -0.39 is 28.8 Å². The summed E-state index contributed by atoms with van der Waals surface area (Å²) in [5.74, 6) is -2.77. The Balaban J connectivity index is 2.37. The highest BCUT2D eigenvalue weighted by molar-refractivity contribution is 6.44. The largest absolute Gasteiger partial charge is 0.396 e. The Kier molecular flexibility index (Phi) is 4.56. The third kappa shape index (κ3) is 3.37. The topological polar surface area (TPSA) is 55.1 Å². The number of hydrogen-bond acceptors (Lipinski definition) is 2. The van der Waals surface area contributed by atoms with Gasteiger partial charge in [0.15, 0.2) is 5.82 Å². The van der Waals surface area contributed by atoms with E-state index in [4.69, 9.17) is 40.5 Å². The molecule has 1 amide bonds. The Bertz CT molecular complexity index is 738. The van der Waals surface area contributed by atoms with Gasteiger partial charge in [0.2, 0.25) is 0 Å². The molecule has 2 aromatic rings. The zero-order valence-corrected chi connectivity index (χ0v) is 12.5. The Morgan fingerprint density at radius 3 is 2.29 bits per heavy atom. The van der Waals surface area contributed by atoms with Crippen LogP contribution in [-0.4, -0.2) is 5.91 Å². The SMILES string of the molecule is Nc1cc(F)cc(C(=O)Nc2cc(Cl)c(Cl)cc2Cl)c1F.